The van der Waals surface area contributed by atoms with Crippen LogP contribution in [0.3, 0.4) is 0 Å². The first-order valence-corrected chi connectivity index (χ1v) is 8.23. The number of hydrogen-bond donors (Lipinski definition) is 0. The van der Waals surface area contributed by atoms with E-state index in [0.29, 0.717) is 6.07 Å². The van der Waals surface area contributed by atoms with Crippen molar-refractivity contribution in [3.05, 3.63) is 40.2 Å². The first kappa shape index (κ1) is 19.9. The molecule has 2 rings (SSSR count). The SMILES string of the molecule is Cc1cc2cc(Cl)c(F)cc2c(OS(=O)(=O)C(F)(F)F)c1C(=O)C(=O)[O-]. The summed E-state index contributed by atoms with van der Waals surface area (Å²) in [6, 6.07) is 2.56. The zero-order valence-electron chi connectivity index (χ0n) is 12.5. The van der Waals surface area contributed by atoms with Crippen LogP contribution in [0.15, 0.2) is 18.2 Å². The first-order valence-electron chi connectivity index (χ1n) is 6.45. The number of aryl methyl sites for hydroxylation is 1. The lowest BCUT2D eigenvalue weighted by molar-refractivity contribution is -0.296. The fourth-order valence-corrected chi connectivity index (χ4v) is 2.78. The molecule has 0 aliphatic rings. The first-order chi connectivity index (χ1) is 11.8. The Labute approximate surface area is 148 Å². The summed E-state index contributed by atoms with van der Waals surface area (Å²) in [7, 11) is -6.28. The van der Waals surface area contributed by atoms with Crippen LogP contribution in [-0.2, 0) is 14.9 Å². The van der Waals surface area contributed by atoms with Gasteiger partial charge < -0.3 is 14.1 Å². The number of carbonyl (C=O) groups excluding carboxylic acids is 2. The normalized spacial score (nSPS) is 12.2. The van der Waals surface area contributed by atoms with Gasteiger partial charge in [-0.15, -0.1) is 0 Å². The Bertz CT molecular complexity index is 1050. The zero-order valence-corrected chi connectivity index (χ0v) is 14.1. The number of carboxylic acids is 1. The molecule has 0 saturated heterocycles. The summed E-state index contributed by atoms with van der Waals surface area (Å²) < 4.78 is 78.3. The van der Waals surface area contributed by atoms with Gasteiger partial charge in [-0.1, -0.05) is 17.7 Å². The average Bonchev–Trinajstić information content (AvgIpc) is 2.47. The summed E-state index contributed by atoms with van der Waals surface area (Å²) in [6.07, 6.45) is 0. The summed E-state index contributed by atoms with van der Waals surface area (Å²) in [4.78, 5) is 22.6. The molecule has 0 saturated carbocycles. The molecule has 0 radical (unpaired) electrons. The Kier molecular flexibility index (Phi) is 4.90. The van der Waals surface area contributed by atoms with E-state index >= 15 is 0 Å². The van der Waals surface area contributed by atoms with Crippen LogP contribution < -0.4 is 9.29 Å². The molecule has 0 atom stereocenters. The zero-order chi connectivity index (χ0) is 20.0. The van der Waals surface area contributed by atoms with Gasteiger partial charge >= 0.3 is 15.6 Å². The van der Waals surface area contributed by atoms with Crippen LogP contribution in [0.25, 0.3) is 10.8 Å². The minimum atomic E-state index is -6.28. The second-order valence-corrected chi connectivity index (χ2v) is 6.93. The lowest BCUT2D eigenvalue weighted by Gasteiger charge is -2.17. The Hall–Kier alpha value is -2.40. The topological polar surface area (TPSA) is 101 Å². The molecule has 0 amide bonds. The fraction of sp³-hybridized carbons (Fsp3) is 0.143. The van der Waals surface area contributed by atoms with Crippen molar-refractivity contribution in [2.45, 2.75) is 12.4 Å². The van der Waals surface area contributed by atoms with Crippen LogP contribution in [0.2, 0.25) is 5.02 Å². The number of aliphatic carboxylic acids is 1. The summed E-state index contributed by atoms with van der Waals surface area (Å²) in [5.41, 5.74) is -7.15. The molecule has 0 heterocycles. The number of ketones is 1. The Morgan fingerprint density at radius 2 is 1.77 bits per heavy atom. The van der Waals surface area contributed by atoms with Crippen molar-refractivity contribution in [3.63, 3.8) is 0 Å². The minimum absolute atomic E-state index is 0.0869. The van der Waals surface area contributed by atoms with Crippen LogP contribution in [-0.4, -0.2) is 25.7 Å². The van der Waals surface area contributed by atoms with E-state index in [0.717, 1.165) is 19.1 Å². The lowest BCUT2D eigenvalue weighted by atomic mass is 9.97. The number of benzene rings is 2. The molecule has 0 aliphatic carbocycles. The fourth-order valence-electron chi connectivity index (χ4n) is 2.13. The monoisotopic (exact) mass is 413 g/mol. The number of Topliss-reactive ketones (excluding diaryl/α,β-unsaturated/α-hetero) is 1. The predicted octanol–water partition coefficient (Wildman–Crippen LogP) is 2.10. The summed E-state index contributed by atoms with van der Waals surface area (Å²) in [5.74, 6) is -6.62. The van der Waals surface area contributed by atoms with Gasteiger partial charge in [-0.05, 0) is 30.0 Å². The van der Waals surface area contributed by atoms with Crippen LogP contribution in [0.1, 0.15) is 15.9 Å². The van der Waals surface area contributed by atoms with Gasteiger partial charge in [0.05, 0.1) is 10.6 Å². The molecular weight excluding hydrogens is 408 g/mol. The second-order valence-electron chi connectivity index (χ2n) is 4.98. The highest BCUT2D eigenvalue weighted by molar-refractivity contribution is 7.88. The van der Waals surface area contributed by atoms with Crippen molar-refractivity contribution in [1.82, 2.24) is 0 Å². The Morgan fingerprint density at radius 3 is 2.27 bits per heavy atom. The van der Waals surface area contributed by atoms with E-state index in [1.165, 1.54) is 0 Å². The molecule has 6 nitrogen and oxygen atoms in total. The van der Waals surface area contributed by atoms with E-state index in [1.807, 2.05) is 0 Å². The van der Waals surface area contributed by atoms with Crippen LogP contribution in [0.4, 0.5) is 17.6 Å². The molecule has 0 aromatic heterocycles. The molecule has 2 aromatic carbocycles. The van der Waals surface area contributed by atoms with Crippen LogP contribution in [0.5, 0.6) is 5.75 Å². The highest BCUT2D eigenvalue weighted by Gasteiger charge is 2.49. The number of halogens is 5. The Morgan fingerprint density at radius 1 is 1.19 bits per heavy atom. The standard InChI is InChI=1S/C14H7ClF4O6S/c1-5-2-6-3-8(15)9(16)4-7(6)12(10(5)11(20)13(21)22)25-26(23,24)14(17,18)19/h2-4H,1H3,(H,21,22)/p-1. The molecule has 0 spiro atoms. The number of hydrogen-bond acceptors (Lipinski definition) is 6. The van der Waals surface area contributed by atoms with Gasteiger partial charge in [0, 0.05) is 5.39 Å². The summed E-state index contributed by atoms with van der Waals surface area (Å²) >= 11 is 5.57. The highest BCUT2D eigenvalue weighted by atomic mass is 35.5. The maximum atomic E-state index is 13.7. The van der Waals surface area contributed by atoms with Gasteiger partial charge in [0.15, 0.2) is 5.75 Å². The summed E-state index contributed by atoms with van der Waals surface area (Å²) in [6.45, 7) is 1.11. The molecular formula is C14H6ClF4O6S-. The van der Waals surface area contributed by atoms with E-state index in [1.54, 1.807) is 0 Å². The van der Waals surface area contributed by atoms with Crippen molar-refractivity contribution < 1.29 is 44.9 Å². The number of fused-ring (bicyclic) bond motifs is 1. The van der Waals surface area contributed by atoms with Crippen LogP contribution in [0, 0.1) is 12.7 Å². The number of carboxylic acid groups (broad SMARTS) is 1. The lowest BCUT2D eigenvalue weighted by Crippen LogP contribution is -2.33. The van der Waals surface area contributed by atoms with Crippen molar-refractivity contribution in [2.24, 2.45) is 0 Å². The van der Waals surface area contributed by atoms with Gasteiger partial charge in [-0.2, -0.15) is 21.6 Å². The molecule has 0 fully saturated rings. The molecule has 2 aromatic rings. The molecule has 26 heavy (non-hydrogen) atoms. The van der Waals surface area contributed by atoms with Gasteiger partial charge in [0.2, 0.25) is 5.78 Å². The largest absolute Gasteiger partial charge is 0.541 e. The van der Waals surface area contributed by atoms with Crippen molar-refractivity contribution in [3.8, 4) is 5.75 Å². The third kappa shape index (κ3) is 3.44. The summed E-state index contributed by atoms with van der Waals surface area (Å²) in [5, 5.41) is 9.71. The van der Waals surface area contributed by atoms with Crippen molar-refractivity contribution in [2.75, 3.05) is 0 Å². The van der Waals surface area contributed by atoms with Gasteiger partial charge in [-0.3, -0.25) is 4.79 Å². The number of rotatable bonds is 4. The predicted molar refractivity (Wildman–Crippen MR) is 78.6 cm³/mol. The maximum Gasteiger partial charge on any atom is 0.534 e. The van der Waals surface area contributed by atoms with E-state index in [2.05, 4.69) is 4.18 Å². The average molecular weight is 414 g/mol. The van der Waals surface area contributed by atoms with Crippen LogP contribution >= 0.6 is 11.6 Å². The molecule has 0 aliphatic heterocycles. The quantitative estimate of drug-likeness (QED) is 0.250. The van der Waals surface area contributed by atoms with E-state index in [-0.39, 0.29) is 10.9 Å². The maximum absolute atomic E-state index is 13.7. The second kappa shape index (κ2) is 6.40. The smallest absolute Gasteiger partial charge is 0.534 e. The third-order valence-electron chi connectivity index (χ3n) is 3.22. The molecule has 140 valence electrons. The molecule has 0 unspecified atom stereocenters. The van der Waals surface area contributed by atoms with Gasteiger partial charge in [0.25, 0.3) is 0 Å². The number of carbonyl (C=O) groups is 2. The van der Waals surface area contributed by atoms with E-state index < -0.39 is 54.9 Å². The molecule has 0 N–H and O–H groups in total. The van der Waals surface area contributed by atoms with Crippen molar-refractivity contribution >= 4 is 44.2 Å². The van der Waals surface area contributed by atoms with Crippen molar-refractivity contribution in [1.29, 1.82) is 0 Å². The van der Waals surface area contributed by atoms with E-state index in [4.69, 9.17) is 11.6 Å². The minimum Gasteiger partial charge on any atom is -0.541 e. The molecule has 12 heteroatoms. The van der Waals surface area contributed by atoms with E-state index in [9.17, 15) is 40.7 Å². The third-order valence-corrected chi connectivity index (χ3v) is 4.46. The highest BCUT2D eigenvalue weighted by Crippen LogP contribution is 2.38. The molecule has 0 bridgehead atoms. The Balaban J connectivity index is 2.94. The number of alkyl halides is 3. The van der Waals surface area contributed by atoms with Gasteiger partial charge in [-0.25, -0.2) is 4.39 Å². The van der Waals surface area contributed by atoms with Gasteiger partial charge in [0.1, 0.15) is 11.8 Å².